The molecule has 29 heavy (non-hydrogen) atoms. The van der Waals surface area contributed by atoms with E-state index < -0.39 is 6.03 Å². The first-order valence-electron chi connectivity index (χ1n) is 9.26. The number of benzene rings is 3. The number of ether oxygens (including phenoxy) is 2. The van der Waals surface area contributed by atoms with E-state index in [9.17, 15) is 4.79 Å². The lowest BCUT2D eigenvalue weighted by molar-refractivity contribution is 0.217. The SMILES string of the molecule is Cc1ccc(OCCOc2ccc(/C=N/NC(=O)Nc3ccccc3)cc2)cc1. The van der Waals surface area contributed by atoms with Crippen molar-refractivity contribution in [1.82, 2.24) is 5.43 Å². The third-order valence-electron chi connectivity index (χ3n) is 3.93. The van der Waals surface area contributed by atoms with E-state index in [1.165, 1.54) is 5.56 Å². The maximum Gasteiger partial charge on any atom is 0.339 e. The highest BCUT2D eigenvalue weighted by Crippen LogP contribution is 2.13. The van der Waals surface area contributed by atoms with E-state index in [1.54, 1.807) is 18.3 Å². The lowest BCUT2D eigenvalue weighted by atomic mass is 10.2. The highest BCUT2D eigenvalue weighted by molar-refractivity contribution is 5.90. The Kier molecular flexibility index (Phi) is 7.23. The van der Waals surface area contributed by atoms with E-state index in [-0.39, 0.29) is 0 Å². The number of nitrogens with one attached hydrogen (secondary N) is 2. The Morgan fingerprint density at radius 3 is 2.07 bits per heavy atom. The Hall–Kier alpha value is -3.80. The van der Waals surface area contributed by atoms with Gasteiger partial charge in [0, 0.05) is 5.69 Å². The molecule has 0 unspecified atom stereocenters. The summed E-state index contributed by atoms with van der Waals surface area (Å²) >= 11 is 0. The van der Waals surface area contributed by atoms with Gasteiger partial charge >= 0.3 is 6.03 Å². The van der Waals surface area contributed by atoms with Gasteiger partial charge in [-0.25, -0.2) is 10.2 Å². The molecule has 3 aromatic carbocycles. The van der Waals surface area contributed by atoms with Crippen LogP contribution in [0.25, 0.3) is 0 Å². The Morgan fingerprint density at radius 1 is 0.862 bits per heavy atom. The van der Waals surface area contributed by atoms with Crippen molar-refractivity contribution in [2.45, 2.75) is 6.92 Å². The number of hydrazone groups is 1. The van der Waals surface area contributed by atoms with Crippen molar-refractivity contribution in [1.29, 1.82) is 0 Å². The first-order valence-corrected chi connectivity index (χ1v) is 9.26. The van der Waals surface area contributed by atoms with Gasteiger partial charge in [0.25, 0.3) is 0 Å². The molecule has 2 amide bonds. The van der Waals surface area contributed by atoms with E-state index in [4.69, 9.17) is 9.47 Å². The summed E-state index contributed by atoms with van der Waals surface area (Å²) in [4.78, 5) is 11.8. The second-order valence-corrected chi connectivity index (χ2v) is 6.27. The maximum absolute atomic E-state index is 11.8. The number of para-hydroxylation sites is 1. The van der Waals surface area contributed by atoms with E-state index in [1.807, 2.05) is 73.7 Å². The zero-order valence-corrected chi connectivity index (χ0v) is 16.2. The number of nitrogens with zero attached hydrogens (tertiary/aromatic N) is 1. The van der Waals surface area contributed by atoms with Crippen molar-refractivity contribution in [2.75, 3.05) is 18.5 Å². The van der Waals surface area contributed by atoms with Crippen LogP contribution in [0.1, 0.15) is 11.1 Å². The van der Waals surface area contributed by atoms with Crippen LogP contribution in [0.5, 0.6) is 11.5 Å². The van der Waals surface area contributed by atoms with Crippen LogP contribution in [0, 0.1) is 6.92 Å². The number of anilines is 1. The number of amides is 2. The number of hydrogen-bond acceptors (Lipinski definition) is 4. The summed E-state index contributed by atoms with van der Waals surface area (Å²) in [6.07, 6.45) is 1.56. The van der Waals surface area contributed by atoms with Gasteiger partial charge in [0.15, 0.2) is 0 Å². The minimum atomic E-state index is -0.402. The van der Waals surface area contributed by atoms with Crippen LogP contribution in [-0.4, -0.2) is 25.5 Å². The molecule has 3 rings (SSSR count). The molecule has 0 bridgehead atoms. The fraction of sp³-hybridized carbons (Fsp3) is 0.130. The number of urea groups is 1. The van der Waals surface area contributed by atoms with E-state index >= 15 is 0 Å². The van der Waals surface area contributed by atoms with Gasteiger partial charge in [0.05, 0.1) is 6.21 Å². The summed E-state index contributed by atoms with van der Waals surface area (Å²) in [6.45, 7) is 2.95. The molecule has 0 saturated carbocycles. The summed E-state index contributed by atoms with van der Waals surface area (Å²) in [5, 5.41) is 6.62. The maximum atomic E-state index is 11.8. The molecule has 0 fully saturated rings. The quantitative estimate of drug-likeness (QED) is 0.336. The molecule has 0 aliphatic rings. The Bertz CT molecular complexity index is 924. The van der Waals surface area contributed by atoms with Gasteiger partial charge in [-0.3, -0.25) is 0 Å². The second-order valence-electron chi connectivity index (χ2n) is 6.27. The molecule has 2 N–H and O–H groups in total. The Balaban J connectivity index is 1.37. The van der Waals surface area contributed by atoms with Crippen molar-refractivity contribution >= 4 is 17.9 Å². The molecule has 3 aromatic rings. The smallest absolute Gasteiger partial charge is 0.339 e. The van der Waals surface area contributed by atoms with Crippen molar-refractivity contribution < 1.29 is 14.3 Å². The number of rotatable bonds is 8. The first-order chi connectivity index (χ1) is 14.2. The van der Waals surface area contributed by atoms with Crippen LogP contribution in [-0.2, 0) is 0 Å². The van der Waals surface area contributed by atoms with Crippen molar-refractivity contribution in [3.8, 4) is 11.5 Å². The fourth-order valence-corrected chi connectivity index (χ4v) is 2.45. The number of carbonyl (C=O) groups is 1. The summed E-state index contributed by atoms with van der Waals surface area (Å²) in [6, 6.07) is 24.1. The van der Waals surface area contributed by atoms with Crippen molar-refractivity contribution in [3.05, 3.63) is 90.0 Å². The molecule has 0 aliphatic heterocycles. The zero-order valence-electron chi connectivity index (χ0n) is 16.2. The summed E-state index contributed by atoms with van der Waals surface area (Å²) in [5.41, 5.74) is 5.17. The normalized spacial score (nSPS) is 10.5. The standard InChI is InChI=1S/C23H23N3O3/c1-18-7-11-21(12-8-18)28-15-16-29-22-13-9-19(10-14-22)17-24-26-23(27)25-20-5-3-2-4-6-20/h2-14,17H,15-16H2,1H3,(H2,25,26,27)/b24-17+. The van der Waals surface area contributed by atoms with Crippen LogP contribution in [0.3, 0.4) is 0 Å². The molecule has 0 saturated heterocycles. The largest absolute Gasteiger partial charge is 0.490 e. The highest BCUT2D eigenvalue weighted by atomic mass is 16.5. The van der Waals surface area contributed by atoms with Crippen LogP contribution in [0.4, 0.5) is 10.5 Å². The van der Waals surface area contributed by atoms with Gasteiger partial charge in [0.2, 0.25) is 0 Å². The summed E-state index contributed by atoms with van der Waals surface area (Å²) in [7, 11) is 0. The van der Waals surface area contributed by atoms with Crippen LogP contribution < -0.4 is 20.2 Å². The molecular formula is C23H23N3O3. The molecule has 0 aromatic heterocycles. The molecule has 0 spiro atoms. The van der Waals surface area contributed by atoms with Crippen LogP contribution >= 0.6 is 0 Å². The van der Waals surface area contributed by atoms with Crippen molar-refractivity contribution in [3.63, 3.8) is 0 Å². The lowest BCUT2D eigenvalue weighted by Gasteiger charge is -2.08. The van der Waals surface area contributed by atoms with Gasteiger partial charge in [-0.05, 0) is 61.0 Å². The van der Waals surface area contributed by atoms with Crippen LogP contribution in [0.2, 0.25) is 0 Å². The predicted octanol–water partition coefficient (Wildman–Crippen LogP) is 4.61. The molecule has 0 atom stereocenters. The van der Waals surface area contributed by atoms with E-state index in [0.717, 1.165) is 17.1 Å². The monoisotopic (exact) mass is 389 g/mol. The minimum absolute atomic E-state index is 0.402. The predicted molar refractivity (Wildman–Crippen MR) is 115 cm³/mol. The molecule has 6 nitrogen and oxygen atoms in total. The topological polar surface area (TPSA) is 72.0 Å². The first kappa shape index (κ1) is 19.9. The average molecular weight is 389 g/mol. The highest BCUT2D eigenvalue weighted by Gasteiger charge is 1.99. The number of aryl methyl sites for hydroxylation is 1. The zero-order chi connectivity index (χ0) is 20.3. The molecule has 0 radical (unpaired) electrons. The molecule has 148 valence electrons. The summed E-state index contributed by atoms with van der Waals surface area (Å²) in [5.74, 6) is 1.57. The molecule has 0 aliphatic carbocycles. The van der Waals surface area contributed by atoms with Gasteiger partial charge in [-0.1, -0.05) is 35.9 Å². The van der Waals surface area contributed by atoms with Gasteiger partial charge in [-0.2, -0.15) is 5.10 Å². The summed E-state index contributed by atoms with van der Waals surface area (Å²) < 4.78 is 11.3. The third kappa shape index (κ3) is 7.03. The Labute approximate surface area is 170 Å². The van der Waals surface area contributed by atoms with Gasteiger partial charge < -0.3 is 14.8 Å². The fourth-order valence-electron chi connectivity index (χ4n) is 2.45. The third-order valence-corrected chi connectivity index (χ3v) is 3.93. The molecular weight excluding hydrogens is 366 g/mol. The molecule has 0 heterocycles. The van der Waals surface area contributed by atoms with Gasteiger partial charge in [-0.15, -0.1) is 0 Å². The number of hydrogen-bond donors (Lipinski definition) is 2. The minimum Gasteiger partial charge on any atom is -0.490 e. The number of carbonyl (C=O) groups excluding carboxylic acids is 1. The van der Waals surface area contributed by atoms with Crippen molar-refractivity contribution in [2.24, 2.45) is 5.10 Å². The van der Waals surface area contributed by atoms with E-state index in [0.29, 0.717) is 18.9 Å². The van der Waals surface area contributed by atoms with Crippen LogP contribution in [0.15, 0.2) is 84.0 Å². The van der Waals surface area contributed by atoms with E-state index in [2.05, 4.69) is 15.8 Å². The Morgan fingerprint density at radius 2 is 1.45 bits per heavy atom. The lowest BCUT2D eigenvalue weighted by Crippen LogP contribution is -2.24. The molecule has 6 heteroatoms. The average Bonchev–Trinajstić information content (AvgIpc) is 2.74. The second kappa shape index (κ2) is 10.5. The van der Waals surface area contributed by atoms with Gasteiger partial charge in [0.1, 0.15) is 24.7 Å².